The Hall–Kier alpha value is -1.51. The Morgan fingerprint density at radius 1 is 1.05 bits per heavy atom. The van der Waals surface area contributed by atoms with Gasteiger partial charge in [0.05, 0.1) is 7.11 Å². The SMILES string of the molecule is CNCC(Cc1ccc(Cl)cc1)Cc1cccc(OC)c1. The predicted molar refractivity (Wildman–Crippen MR) is 89.3 cm³/mol. The van der Waals surface area contributed by atoms with E-state index in [4.69, 9.17) is 16.3 Å². The second-order valence-electron chi connectivity index (χ2n) is 5.31. The van der Waals surface area contributed by atoms with Crippen LogP contribution in [-0.2, 0) is 12.8 Å². The van der Waals surface area contributed by atoms with E-state index in [1.54, 1.807) is 7.11 Å². The van der Waals surface area contributed by atoms with Gasteiger partial charge in [-0.2, -0.15) is 0 Å². The van der Waals surface area contributed by atoms with Gasteiger partial charge in [-0.15, -0.1) is 0 Å². The third kappa shape index (κ3) is 5.07. The molecular weight excluding hydrogens is 282 g/mol. The van der Waals surface area contributed by atoms with Gasteiger partial charge in [0.1, 0.15) is 5.75 Å². The Bertz CT molecular complexity index is 553. The number of halogens is 1. The van der Waals surface area contributed by atoms with Crippen molar-refractivity contribution < 1.29 is 4.74 Å². The van der Waals surface area contributed by atoms with Crippen LogP contribution in [0.3, 0.4) is 0 Å². The van der Waals surface area contributed by atoms with Crippen LogP contribution in [0.15, 0.2) is 48.5 Å². The molecule has 1 unspecified atom stereocenters. The van der Waals surface area contributed by atoms with E-state index in [9.17, 15) is 0 Å². The maximum atomic E-state index is 5.95. The van der Waals surface area contributed by atoms with Crippen LogP contribution in [0.1, 0.15) is 11.1 Å². The van der Waals surface area contributed by atoms with Crippen molar-refractivity contribution in [3.05, 3.63) is 64.7 Å². The number of ether oxygens (including phenoxy) is 1. The first-order valence-corrected chi connectivity index (χ1v) is 7.61. The molecule has 3 heteroatoms. The summed E-state index contributed by atoms with van der Waals surface area (Å²) < 4.78 is 5.30. The van der Waals surface area contributed by atoms with E-state index in [1.807, 2.05) is 31.3 Å². The standard InChI is InChI=1S/C18H22ClNO/c1-20-13-16(10-14-6-8-17(19)9-7-14)11-15-4-3-5-18(12-15)21-2/h3-9,12,16,20H,10-11,13H2,1-2H3. The molecule has 0 radical (unpaired) electrons. The molecule has 0 amide bonds. The molecule has 112 valence electrons. The lowest BCUT2D eigenvalue weighted by atomic mass is 9.92. The van der Waals surface area contributed by atoms with Gasteiger partial charge in [-0.1, -0.05) is 35.9 Å². The summed E-state index contributed by atoms with van der Waals surface area (Å²) in [5.74, 6) is 1.46. The molecule has 21 heavy (non-hydrogen) atoms. The van der Waals surface area contributed by atoms with Gasteiger partial charge in [0.2, 0.25) is 0 Å². The van der Waals surface area contributed by atoms with E-state index in [1.165, 1.54) is 11.1 Å². The molecule has 0 aliphatic heterocycles. The monoisotopic (exact) mass is 303 g/mol. The van der Waals surface area contributed by atoms with Gasteiger partial charge in [-0.05, 0) is 67.7 Å². The minimum absolute atomic E-state index is 0.545. The zero-order chi connectivity index (χ0) is 15.1. The molecule has 2 aromatic carbocycles. The molecule has 0 spiro atoms. The normalized spacial score (nSPS) is 12.1. The van der Waals surface area contributed by atoms with Gasteiger partial charge in [0.15, 0.2) is 0 Å². The van der Waals surface area contributed by atoms with Crippen LogP contribution in [-0.4, -0.2) is 20.7 Å². The van der Waals surface area contributed by atoms with Gasteiger partial charge in [-0.3, -0.25) is 0 Å². The maximum Gasteiger partial charge on any atom is 0.119 e. The molecule has 2 nitrogen and oxygen atoms in total. The highest BCUT2D eigenvalue weighted by atomic mass is 35.5. The summed E-state index contributed by atoms with van der Waals surface area (Å²) in [6.07, 6.45) is 2.07. The van der Waals surface area contributed by atoms with Crippen molar-refractivity contribution in [1.29, 1.82) is 0 Å². The van der Waals surface area contributed by atoms with Crippen molar-refractivity contribution in [2.24, 2.45) is 5.92 Å². The van der Waals surface area contributed by atoms with E-state index in [0.29, 0.717) is 5.92 Å². The molecule has 2 rings (SSSR count). The van der Waals surface area contributed by atoms with E-state index < -0.39 is 0 Å². The summed E-state index contributed by atoms with van der Waals surface area (Å²) in [4.78, 5) is 0. The van der Waals surface area contributed by atoms with Crippen LogP contribution < -0.4 is 10.1 Å². The molecule has 0 aliphatic carbocycles. The van der Waals surface area contributed by atoms with Crippen LogP contribution in [0, 0.1) is 5.92 Å². The first kappa shape index (κ1) is 15.9. The molecule has 0 heterocycles. The van der Waals surface area contributed by atoms with E-state index in [2.05, 4.69) is 29.6 Å². The predicted octanol–water partition coefficient (Wildman–Crippen LogP) is 3.97. The molecule has 1 atom stereocenters. The highest BCUT2D eigenvalue weighted by Crippen LogP contribution is 2.19. The van der Waals surface area contributed by atoms with Gasteiger partial charge in [0, 0.05) is 5.02 Å². The van der Waals surface area contributed by atoms with Gasteiger partial charge >= 0.3 is 0 Å². The number of rotatable bonds is 7. The molecule has 0 saturated carbocycles. The van der Waals surface area contributed by atoms with Crippen molar-refractivity contribution >= 4 is 11.6 Å². The van der Waals surface area contributed by atoms with E-state index in [-0.39, 0.29) is 0 Å². The van der Waals surface area contributed by atoms with Crippen LogP contribution in [0.5, 0.6) is 5.75 Å². The molecule has 1 N–H and O–H groups in total. The Labute approximate surface area is 132 Å². The Morgan fingerprint density at radius 2 is 1.76 bits per heavy atom. The summed E-state index contributed by atoms with van der Waals surface area (Å²) in [5.41, 5.74) is 2.63. The molecule has 0 fully saturated rings. The van der Waals surface area contributed by atoms with Gasteiger partial charge in [-0.25, -0.2) is 0 Å². The number of benzene rings is 2. The maximum absolute atomic E-state index is 5.95. The Morgan fingerprint density at radius 3 is 2.43 bits per heavy atom. The van der Waals surface area contributed by atoms with Crippen LogP contribution in [0.25, 0.3) is 0 Å². The van der Waals surface area contributed by atoms with Crippen molar-refractivity contribution in [3.8, 4) is 5.75 Å². The largest absolute Gasteiger partial charge is 0.497 e. The lowest BCUT2D eigenvalue weighted by Gasteiger charge is -2.17. The quantitative estimate of drug-likeness (QED) is 0.835. The summed E-state index contributed by atoms with van der Waals surface area (Å²) >= 11 is 5.95. The second-order valence-corrected chi connectivity index (χ2v) is 5.75. The van der Waals surface area contributed by atoms with Gasteiger partial charge in [0.25, 0.3) is 0 Å². The van der Waals surface area contributed by atoms with Gasteiger partial charge < -0.3 is 10.1 Å². The van der Waals surface area contributed by atoms with Crippen molar-refractivity contribution in [2.75, 3.05) is 20.7 Å². The lowest BCUT2D eigenvalue weighted by molar-refractivity contribution is 0.413. The second kappa shape index (κ2) is 8.06. The van der Waals surface area contributed by atoms with Crippen LogP contribution in [0.2, 0.25) is 5.02 Å². The fourth-order valence-electron chi connectivity index (χ4n) is 2.59. The molecular formula is C18H22ClNO. The van der Waals surface area contributed by atoms with E-state index in [0.717, 1.165) is 30.2 Å². The third-order valence-electron chi connectivity index (χ3n) is 3.59. The molecule has 0 aliphatic rings. The van der Waals surface area contributed by atoms with Crippen LogP contribution >= 0.6 is 11.6 Å². The average Bonchev–Trinajstić information content (AvgIpc) is 2.50. The fourth-order valence-corrected chi connectivity index (χ4v) is 2.72. The molecule has 0 aromatic heterocycles. The third-order valence-corrected chi connectivity index (χ3v) is 3.84. The van der Waals surface area contributed by atoms with E-state index >= 15 is 0 Å². The number of methoxy groups -OCH3 is 1. The highest BCUT2D eigenvalue weighted by Gasteiger charge is 2.11. The molecule has 2 aromatic rings. The lowest BCUT2D eigenvalue weighted by Crippen LogP contribution is -2.22. The van der Waals surface area contributed by atoms with Crippen molar-refractivity contribution in [1.82, 2.24) is 5.32 Å². The van der Waals surface area contributed by atoms with Crippen LogP contribution in [0.4, 0.5) is 0 Å². The topological polar surface area (TPSA) is 21.3 Å². The number of hydrogen-bond donors (Lipinski definition) is 1. The minimum atomic E-state index is 0.545. The summed E-state index contributed by atoms with van der Waals surface area (Å²) in [6, 6.07) is 16.4. The molecule has 0 bridgehead atoms. The number of nitrogens with one attached hydrogen (secondary N) is 1. The van der Waals surface area contributed by atoms with Crippen molar-refractivity contribution in [2.45, 2.75) is 12.8 Å². The highest BCUT2D eigenvalue weighted by molar-refractivity contribution is 6.30. The first-order valence-electron chi connectivity index (χ1n) is 7.23. The Kier molecular flexibility index (Phi) is 6.09. The summed E-state index contributed by atoms with van der Waals surface area (Å²) in [7, 11) is 3.71. The minimum Gasteiger partial charge on any atom is -0.497 e. The zero-order valence-corrected chi connectivity index (χ0v) is 13.4. The average molecular weight is 304 g/mol. The summed E-state index contributed by atoms with van der Waals surface area (Å²) in [6.45, 7) is 0.986. The van der Waals surface area contributed by atoms with Crippen molar-refractivity contribution in [3.63, 3.8) is 0 Å². The molecule has 0 saturated heterocycles. The summed E-state index contributed by atoms with van der Waals surface area (Å²) in [5, 5.41) is 4.08. The zero-order valence-electron chi connectivity index (χ0n) is 12.6. The fraction of sp³-hybridized carbons (Fsp3) is 0.333. The smallest absolute Gasteiger partial charge is 0.119 e. The Balaban J connectivity index is 2.05. The first-order chi connectivity index (χ1) is 10.2. The number of hydrogen-bond acceptors (Lipinski definition) is 2.